The molecule has 1 fully saturated rings. The first kappa shape index (κ1) is 23.4. The maximum Gasteiger partial charge on any atom is 0.323 e. The van der Waals surface area contributed by atoms with Gasteiger partial charge in [-0.25, -0.2) is 4.79 Å². The number of allylic oxidation sites excluding steroid dienone is 4. The van der Waals surface area contributed by atoms with Crippen molar-refractivity contribution in [2.75, 3.05) is 13.7 Å². The third-order valence-electron chi connectivity index (χ3n) is 6.37. The van der Waals surface area contributed by atoms with Gasteiger partial charge in [0.15, 0.2) is 5.82 Å². The number of benzene rings is 1. The van der Waals surface area contributed by atoms with Crippen LogP contribution in [0.4, 0.5) is 4.79 Å². The lowest BCUT2D eigenvalue weighted by Gasteiger charge is -2.26. The Hall–Kier alpha value is -4.39. The normalized spacial score (nSPS) is 20.9. The Labute approximate surface area is 207 Å². The van der Waals surface area contributed by atoms with Crippen LogP contribution in [-0.4, -0.2) is 52.1 Å². The molecule has 1 aromatic carbocycles. The summed E-state index contributed by atoms with van der Waals surface area (Å²) in [6, 6.07) is 4.64. The molecule has 184 valence electrons. The van der Waals surface area contributed by atoms with Crippen LogP contribution in [0.5, 0.6) is 5.75 Å². The molecule has 1 atom stereocenters. The van der Waals surface area contributed by atoms with E-state index in [-0.39, 0.29) is 18.4 Å². The quantitative estimate of drug-likeness (QED) is 0.490. The second-order valence-corrected chi connectivity index (χ2v) is 9.24. The van der Waals surface area contributed by atoms with Gasteiger partial charge in [-0.1, -0.05) is 49.1 Å². The van der Waals surface area contributed by atoms with Gasteiger partial charge in [0.25, 0.3) is 11.8 Å². The molecule has 0 bridgehead atoms. The average molecular weight is 488 g/mol. The largest absolute Gasteiger partial charge is 0.497 e. The van der Waals surface area contributed by atoms with Gasteiger partial charge in [-0.2, -0.15) is 4.98 Å². The van der Waals surface area contributed by atoms with E-state index in [9.17, 15) is 14.4 Å². The predicted octanol–water partition coefficient (Wildman–Crippen LogP) is 2.54. The van der Waals surface area contributed by atoms with Gasteiger partial charge in [0.05, 0.1) is 13.7 Å². The van der Waals surface area contributed by atoms with Gasteiger partial charge in [-0.05, 0) is 30.5 Å². The molecule has 0 radical (unpaired) electrons. The van der Waals surface area contributed by atoms with Gasteiger partial charge >= 0.3 is 6.03 Å². The van der Waals surface area contributed by atoms with Crippen molar-refractivity contribution < 1.29 is 23.6 Å². The Balaban J connectivity index is 1.38. The number of imide groups is 1. The van der Waals surface area contributed by atoms with Crippen LogP contribution < -0.4 is 15.4 Å². The zero-order valence-corrected chi connectivity index (χ0v) is 20.2. The highest BCUT2D eigenvalue weighted by Gasteiger charge is 2.48. The average Bonchev–Trinajstić information content (AvgIpc) is 3.55. The number of ether oxygens (including phenoxy) is 1. The monoisotopic (exact) mass is 487 g/mol. The third kappa shape index (κ3) is 4.24. The van der Waals surface area contributed by atoms with Crippen molar-refractivity contribution in [3.63, 3.8) is 0 Å². The highest BCUT2D eigenvalue weighted by Crippen LogP contribution is 2.29. The van der Waals surface area contributed by atoms with Crippen LogP contribution in [-0.2, 0) is 11.3 Å². The summed E-state index contributed by atoms with van der Waals surface area (Å²) in [4.78, 5) is 43.9. The van der Waals surface area contributed by atoms with Crippen LogP contribution >= 0.6 is 0 Å². The maximum atomic E-state index is 13.0. The lowest BCUT2D eigenvalue weighted by Crippen LogP contribution is -2.54. The van der Waals surface area contributed by atoms with Crippen molar-refractivity contribution in [2.24, 2.45) is 0 Å². The SMILES string of the molecule is COc1ccc2c(c1)C(=O)N(CC1(C#CC3=CC=C(c4noc(C(C)C)n4)CC3)NC(=O)NC1=O)C2. The molecule has 1 unspecified atom stereocenters. The summed E-state index contributed by atoms with van der Waals surface area (Å²) in [5, 5.41) is 8.94. The van der Waals surface area contributed by atoms with E-state index in [0.29, 0.717) is 42.4 Å². The fourth-order valence-electron chi connectivity index (χ4n) is 4.33. The molecule has 36 heavy (non-hydrogen) atoms. The molecule has 2 aromatic rings. The minimum absolute atomic E-state index is 0.0807. The number of nitrogens with one attached hydrogen (secondary N) is 2. The number of methoxy groups -OCH3 is 1. The summed E-state index contributed by atoms with van der Waals surface area (Å²) in [5.74, 6) is 7.04. The zero-order valence-electron chi connectivity index (χ0n) is 20.2. The van der Waals surface area contributed by atoms with Crippen LogP contribution in [0, 0.1) is 11.8 Å². The van der Waals surface area contributed by atoms with Crippen LogP contribution in [0.15, 0.2) is 40.4 Å². The van der Waals surface area contributed by atoms with E-state index in [1.165, 1.54) is 12.0 Å². The molecule has 4 amide bonds. The van der Waals surface area contributed by atoms with Crippen LogP contribution in [0.3, 0.4) is 0 Å². The van der Waals surface area contributed by atoms with Gasteiger partial charge in [0.2, 0.25) is 11.4 Å². The summed E-state index contributed by atoms with van der Waals surface area (Å²) in [6.07, 6.45) is 5.01. The van der Waals surface area contributed by atoms with Gasteiger partial charge in [-0.15, -0.1) is 0 Å². The number of hydrogen-bond donors (Lipinski definition) is 2. The Kier molecular flexibility index (Phi) is 5.84. The molecular weight excluding hydrogens is 462 g/mol. The number of hydrogen-bond acceptors (Lipinski definition) is 7. The van der Waals surface area contributed by atoms with E-state index in [4.69, 9.17) is 9.26 Å². The van der Waals surface area contributed by atoms with E-state index in [1.54, 1.807) is 12.1 Å². The Morgan fingerprint density at radius 2 is 2.06 bits per heavy atom. The molecule has 3 aliphatic rings. The number of nitrogens with zero attached hydrogens (tertiary/aromatic N) is 3. The molecule has 5 rings (SSSR count). The molecule has 10 heteroatoms. The van der Waals surface area contributed by atoms with E-state index in [2.05, 4.69) is 32.6 Å². The van der Waals surface area contributed by atoms with Gasteiger partial charge in [0.1, 0.15) is 5.75 Å². The summed E-state index contributed by atoms with van der Waals surface area (Å²) in [5.41, 5.74) is 1.51. The fourth-order valence-corrected chi connectivity index (χ4v) is 4.33. The van der Waals surface area contributed by atoms with Crippen molar-refractivity contribution in [1.82, 2.24) is 25.7 Å². The Morgan fingerprint density at radius 1 is 1.22 bits per heavy atom. The first-order chi connectivity index (χ1) is 17.3. The third-order valence-corrected chi connectivity index (χ3v) is 6.37. The molecule has 2 aliphatic heterocycles. The number of amides is 4. The van der Waals surface area contributed by atoms with Crippen molar-refractivity contribution in [2.45, 2.75) is 44.7 Å². The van der Waals surface area contributed by atoms with Crippen LogP contribution in [0.2, 0.25) is 0 Å². The molecular formula is C26H25N5O5. The highest BCUT2D eigenvalue weighted by atomic mass is 16.5. The number of fused-ring (bicyclic) bond motifs is 1. The molecule has 10 nitrogen and oxygen atoms in total. The standard InChI is InChI=1S/C26H25N5O5/c1-15(2)22-27-21(30-36-22)17-6-4-16(5-7-17)10-11-26(24(33)28-25(34)29-26)14-31-13-18-8-9-19(35-3)12-20(18)23(31)32/h4,6,8-9,12,15H,5,7,13-14H2,1-3H3,(H2,28,29,33,34). The van der Waals surface area contributed by atoms with Crippen molar-refractivity contribution in [1.29, 1.82) is 0 Å². The molecule has 3 heterocycles. The summed E-state index contributed by atoms with van der Waals surface area (Å²) in [6.45, 7) is 4.20. The van der Waals surface area contributed by atoms with Crippen molar-refractivity contribution in [3.05, 3.63) is 58.8 Å². The van der Waals surface area contributed by atoms with E-state index < -0.39 is 17.5 Å². The number of carbonyl (C=O) groups is 3. The van der Waals surface area contributed by atoms with Gasteiger partial charge in [0, 0.05) is 29.2 Å². The fraction of sp³-hybridized carbons (Fsp3) is 0.346. The highest BCUT2D eigenvalue weighted by molar-refractivity contribution is 6.10. The topological polar surface area (TPSA) is 127 Å². The van der Waals surface area contributed by atoms with Crippen molar-refractivity contribution >= 4 is 23.4 Å². The maximum absolute atomic E-state index is 13.0. The second kappa shape index (κ2) is 9.00. The second-order valence-electron chi connectivity index (χ2n) is 9.24. The van der Waals surface area contributed by atoms with E-state index >= 15 is 0 Å². The lowest BCUT2D eigenvalue weighted by molar-refractivity contribution is -0.122. The number of urea groups is 1. The first-order valence-electron chi connectivity index (χ1n) is 11.6. The number of rotatable bonds is 5. The summed E-state index contributed by atoms with van der Waals surface area (Å²) < 4.78 is 10.5. The zero-order chi connectivity index (χ0) is 25.4. The van der Waals surface area contributed by atoms with Crippen LogP contribution in [0.25, 0.3) is 5.57 Å². The minimum Gasteiger partial charge on any atom is -0.497 e. The Morgan fingerprint density at radius 3 is 2.69 bits per heavy atom. The lowest BCUT2D eigenvalue weighted by atomic mass is 9.95. The minimum atomic E-state index is -1.55. The first-order valence-corrected chi connectivity index (χ1v) is 11.6. The Bertz CT molecular complexity index is 1390. The van der Waals surface area contributed by atoms with Gasteiger partial charge in [-0.3, -0.25) is 14.9 Å². The smallest absolute Gasteiger partial charge is 0.323 e. The number of carbonyl (C=O) groups excluding carboxylic acids is 3. The molecule has 1 aromatic heterocycles. The molecule has 0 spiro atoms. The predicted molar refractivity (Wildman–Crippen MR) is 129 cm³/mol. The van der Waals surface area contributed by atoms with E-state index in [1.807, 2.05) is 32.1 Å². The summed E-state index contributed by atoms with van der Waals surface area (Å²) >= 11 is 0. The van der Waals surface area contributed by atoms with Crippen LogP contribution in [0.1, 0.15) is 60.2 Å². The molecule has 0 saturated carbocycles. The molecule has 1 saturated heterocycles. The molecule has 1 aliphatic carbocycles. The van der Waals surface area contributed by atoms with Crippen molar-refractivity contribution in [3.8, 4) is 17.6 Å². The summed E-state index contributed by atoms with van der Waals surface area (Å²) in [7, 11) is 1.53. The molecule has 2 N–H and O–H groups in total. The number of aromatic nitrogens is 2. The van der Waals surface area contributed by atoms with Gasteiger partial charge < -0.3 is 19.5 Å². The van der Waals surface area contributed by atoms with E-state index in [0.717, 1.165) is 16.7 Å².